The van der Waals surface area contributed by atoms with Crippen LogP contribution in [0.5, 0.6) is 0 Å². The number of esters is 1. The molecule has 0 heterocycles. The second-order valence-electron chi connectivity index (χ2n) is 9.77. The van der Waals surface area contributed by atoms with Gasteiger partial charge in [0.05, 0.1) is 18.8 Å². The third-order valence-corrected chi connectivity index (χ3v) is 5.37. The Labute approximate surface area is 187 Å². The number of hydrogen-bond acceptors (Lipinski definition) is 4. The molecule has 0 saturated carbocycles. The quantitative estimate of drug-likeness (QED) is 0.157. The molecule has 0 bridgehead atoms. The van der Waals surface area contributed by atoms with Crippen LogP contribution in [0.2, 0.25) is 0 Å². The van der Waals surface area contributed by atoms with E-state index >= 15 is 0 Å². The van der Waals surface area contributed by atoms with Gasteiger partial charge in [0.2, 0.25) is 0 Å². The third-order valence-electron chi connectivity index (χ3n) is 5.37. The maximum atomic E-state index is 11.6. The molecule has 2 unspecified atom stereocenters. The molecule has 0 radical (unpaired) electrons. The van der Waals surface area contributed by atoms with E-state index in [1.54, 1.807) is 0 Å². The van der Waals surface area contributed by atoms with E-state index in [4.69, 9.17) is 9.47 Å². The molecular weight excluding hydrogens is 376 g/mol. The Morgan fingerprint density at radius 2 is 1.27 bits per heavy atom. The summed E-state index contributed by atoms with van der Waals surface area (Å²) in [6.45, 7) is 11.9. The van der Waals surface area contributed by atoms with E-state index < -0.39 is 0 Å². The fourth-order valence-corrected chi connectivity index (χ4v) is 3.50. The predicted molar refractivity (Wildman–Crippen MR) is 127 cm³/mol. The van der Waals surface area contributed by atoms with E-state index in [-0.39, 0.29) is 18.2 Å². The second kappa shape index (κ2) is 20.3. The highest BCUT2D eigenvalue weighted by Crippen LogP contribution is 2.18. The van der Waals surface area contributed by atoms with Crippen LogP contribution in [0.3, 0.4) is 0 Å². The smallest absolute Gasteiger partial charge is 0.305 e. The van der Waals surface area contributed by atoms with Gasteiger partial charge in [-0.1, -0.05) is 98.8 Å². The van der Waals surface area contributed by atoms with Gasteiger partial charge in [-0.2, -0.15) is 0 Å². The number of carbonyl (C=O) groups excluding carboxylic acids is 1. The number of aliphatic hydroxyl groups excluding tert-OH is 1. The Kier molecular flexibility index (Phi) is 19.9. The molecular formula is C26H52O4. The number of carbonyl (C=O) groups is 1. The van der Waals surface area contributed by atoms with E-state index in [1.807, 2.05) is 0 Å². The summed E-state index contributed by atoms with van der Waals surface area (Å²) in [4.78, 5) is 11.6. The lowest BCUT2D eigenvalue weighted by Crippen LogP contribution is -2.30. The van der Waals surface area contributed by atoms with Crippen LogP contribution in [0.4, 0.5) is 0 Å². The molecule has 2 atom stereocenters. The highest BCUT2D eigenvalue weighted by atomic mass is 16.5. The Morgan fingerprint density at radius 3 is 1.87 bits per heavy atom. The number of aliphatic hydroxyl groups is 1. The minimum atomic E-state index is -0.342. The van der Waals surface area contributed by atoms with E-state index in [1.165, 1.54) is 32.1 Å². The molecule has 0 amide bonds. The first-order valence-corrected chi connectivity index (χ1v) is 12.8. The first-order chi connectivity index (χ1) is 14.4. The summed E-state index contributed by atoms with van der Waals surface area (Å²) in [6.07, 6.45) is 14.8. The van der Waals surface area contributed by atoms with Crippen molar-refractivity contribution in [2.75, 3.05) is 13.2 Å². The largest absolute Gasteiger partial charge is 0.465 e. The monoisotopic (exact) mass is 428 g/mol. The van der Waals surface area contributed by atoms with Crippen LogP contribution in [-0.4, -0.2) is 36.5 Å². The minimum Gasteiger partial charge on any atom is -0.465 e. The Hall–Kier alpha value is -0.610. The molecule has 180 valence electrons. The lowest BCUT2D eigenvalue weighted by atomic mass is 9.99. The minimum absolute atomic E-state index is 0.0333. The van der Waals surface area contributed by atoms with Gasteiger partial charge in [-0.25, -0.2) is 0 Å². The van der Waals surface area contributed by atoms with Crippen molar-refractivity contribution in [3.63, 3.8) is 0 Å². The molecule has 0 aromatic carbocycles. The SMILES string of the molecule is CCCCCCCCC(O)C(CCCCCCCC(=O)OCC(C)C)OCC(C)C. The normalized spacial score (nSPS) is 13.7. The summed E-state index contributed by atoms with van der Waals surface area (Å²) < 4.78 is 11.3. The van der Waals surface area contributed by atoms with Crippen LogP contribution in [0.1, 0.15) is 125 Å². The van der Waals surface area contributed by atoms with Crippen molar-refractivity contribution in [2.45, 2.75) is 137 Å². The summed E-state index contributed by atoms with van der Waals surface area (Å²) >= 11 is 0. The number of unbranched alkanes of at least 4 members (excludes halogenated alkanes) is 9. The molecule has 0 aromatic rings. The number of rotatable bonds is 21. The van der Waals surface area contributed by atoms with E-state index in [2.05, 4.69) is 34.6 Å². The first kappa shape index (κ1) is 29.4. The maximum absolute atomic E-state index is 11.6. The average Bonchev–Trinajstić information content (AvgIpc) is 2.70. The Morgan fingerprint density at radius 1 is 0.733 bits per heavy atom. The molecule has 0 fully saturated rings. The van der Waals surface area contributed by atoms with Crippen molar-refractivity contribution >= 4 is 5.97 Å². The maximum Gasteiger partial charge on any atom is 0.305 e. The fourth-order valence-electron chi connectivity index (χ4n) is 3.50. The van der Waals surface area contributed by atoms with Gasteiger partial charge in [0.15, 0.2) is 0 Å². The van der Waals surface area contributed by atoms with Crippen molar-refractivity contribution in [2.24, 2.45) is 11.8 Å². The molecule has 0 aliphatic rings. The lowest BCUT2D eigenvalue weighted by molar-refractivity contribution is -0.144. The lowest BCUT2D eigenvalue weighted by Gasteiger charge is -2.24. The van der Waals surface area contributed by atoms with Crippen molar-refractivity contribution in [1.82, 2.24) is 0 Å². The Balaban J connectivity index is 3.94. The van der Waals surface area contributed by atoms with E-state index in [0.717, 1.165) is 58.0 Å². The standard InChI is InChI=1S/C26H52O4/c1-6-7-8-9-11-14-17-24(27)25(29-20-22(2)3)18-15-12-10-13-16-19-26(28)30-21-23(4)5/h22-25,27H,6-21H2,1-5H3. The molecule has 4 heteroatoms. The van der Waals surface area contributed by atoms with Gasteiger partial charge in [0, 0.05) is 13.0 Å². The fraction of sp³-hybridized carbons (Fsp3) is 0.962. The summed E-state index contributed by atoms with van der Waals surface area (Å²) in [6, 6.07) is 0. The van der Waals surface area contributed by atoms with Crippen molar-refractivity contribution in [3.8, 4) is 0 Å². The molecule has 30 heavy (non-hydrogen) atoms. The van der Waals surface area contributed by atoms with Gasteiger partial charge in [-0.05, 0) is 31.1 Å². The van der Waals surface area contributed by atoms with Gasteiger partial charge in [0.1, 0.15) is 0 Å². The summed E-state index contributed by atoms with van der Waals surface area (Å²) in [5.74, 6) is 0.823. The van der Waals surface area contributed by atoms with Gasteiger partial charge >= 0.3 is 5.97 Å². The van der Waals surface area contributed by atoms with Crippen molar-refractivity contribution in [1.29, 1.82) is 0 Å². The number of hydrogen-bond donors (Lipinski definition) is 1. The number of ether oxygens (including phenoxy) is 2. The van der Waals surface area contributed by atoms with E-state index in [0.29, 0.717) is 24.9 Å². The van der Waals surface area contributed by atoms with E-state index in [9.17, 15) is 9.90 Å². The molecule has 0 aliphatic heterocycles. The highest BCUT2D eigenvalue weighted by molar-refractivity contribution is 5.69. The molecule has 0 rings (SSSR count). The average molecular weight is 429 g/mol. The zero-order chi connectivity index (χ0) is 22.6. The van der Waals surface area contributed by atoms with Crippen LogP contribution in [0.15, 0.2) is 0 Å². The zero-order valence-corrected chi connectivity index (χ0v) is 20.8. The van der Waals surface area contributed by atoms with Crippen LogP contribution < -0.4 is 0 Å². The van der Waals surface area contributed by atoms with Crippen LogP contribution in [0, 0.1) is 11.8 Å². The summed E-state index contributed by atoms with van der Waals surface area (Å²) in [5, 5.41) is 10.6. The molecule has 4 nitrogen and oxygen atoms in total. The second-order valence-corrected chi connectivity index (χ2v) is 9.77. The molecule has 0 aromatic heterocycles. The molecule has 0 aliphatic carbocycles. The summed E-state index contributed by atoms with van der Waals surface area (Å²) in [5.41, 5.74) is 0. The molecule has 1 N–H and O–H groups in total. The van der Waals surface area contributed by atoms with Crippen LogP contribution in [0.25, 0.3) is 0 Å². The van der Waals surface area contributed by atoms with Crippen molar-refractivity contribution < 1.29 is 19.4 Å². The Bertz CT molecular complexity index is 381. The molecule has 0 saturated heterocycles. The predicted octanol–water partition coefficient (Wildman–Crippen LogP) is 7.07. The highest BCUT2D eigenvalue weighted by Gasteiger charge is 2.19. The summed E-state index contributed by atoms with van der Waals surface area (Å²) in [7, 11) is 0. The van der Waals surface area contributed by atoms with Gasteiger partial charge in [-0.15, -0.1) is 0 Å². The van der Waals surface area contributed by atoms with Gasteiger partial charge in [0.25, 0.3) is 0 Å². The topological polar surface area (TPSA) is 55.8 Å². The van der Waals surface area contributed by atoms with Crippen LogP contribution >= 0.6 is 0 Å². The molecule has 0 spiro atoms. The van der Waals surface area contributed by atoms with Gasteiger partial charge in [-0.3, -0.25) is 4.79 Å². The van der Waals surface area contributed by atoms with Gasteiger partial charge < -0.3 is 14.6 Å². The van der Waals surface area contributed by atoms with Crippen molar-refractivity contribution in [3.05, 3.63) is 0 Å². The third kappa shape index (κ3) is 19.4. The zero-order valence-electron chi connectivity index (χ0n) is 20.8. The first-order valence-electron chi connectivity index (χ1n) is 12.8. The van der Waals surface area contributed by atoms with Crippen LogP contribution in [-0.2, 0) is 14.3 Å².